The molecule has 0 bridgehead atoms. The first-order valence-corrected chi connectivity index (χ1v) is 8.29. The summed E-state index contributed by atoms with van der Waals surface area (Å²) in [6.45, 7) is 1.31. The second kappa shape index (κ2) is 6.51. The van der Waals surface area contributed by atoms with E-state index < -0.39 is 5.95 Å². The van der Waals surface area contributed by atoms with E-state index in [4.69, 9.17) is 0 Å². The summed E-state index contributed by atoms with van der Waals surface area (Å²) in [5.74, 6) is -0.690. The summed E-state index contributed by atoms with van der Waals surface area (Å²) >= 11 is 0. The summed E-state index contributed by atoms with van der Waals surface area (Å²) in [6, 6.07) is 6.79. The third-order valence-electron chi connectivity index (χ3n) is 4.56. The maximum absolute atomic E-state index is 12.9. The highest BCUT2D eigenvalue weighted by Gasteiger charge is 2.26. The van der Waals surface area contributed by atoms with Crippen molar-refractivity contribution in [3.8, 4) is 11.4 Å². The van der Waals surface area contributed by atoms with Crippen LogP contribution in [0.3, 0.4) is 0 Å². The molecule has 1 aliphatic rings. The van der Waals surface area contributed by atoms with Gasteiger partial charge >= 0.3 is 0 Å². The summed E-state index contributed by atoms with van der Waals surface area (Å²) in [5.41, 5.74) is 2.27. The van der Waals surface area contributed by atoms with E-state index in [2.05, 4.69) is 19.5 Å². The Balaban J connectivity index is 1.49. The van der Waals surface area contributed by atoms with Gasteiger partial charge in [-0.1, -0.05) is 0 Å². The van der Waals surface area contributed by atoms with Crippen LogP contribution in [0.1, 0.15) is 29.2 Å². The molecule has 7 heteroatoms. The number of imidazole rings is 1. The first-order chi connectivity index (χ1) is 12.2. The van der Waals surface area contributed by atoms with Crippen LogP contribution < -0.4 is 0 Å². The highest BCUT2D eigenvalue weighted by Crippen LogP contribution is 2.25. The fourth-order valence-corrected chi connectivity index (χ4v) is 3.23. The highest BCUT2D eigenvalue weighted by molar-refractivity contribution is 5.93. The summed E-state index contributed by atoms with van der Waals surface area (Å²) in [4.78, 5) is 25.6. The van der Waals surface area contributed by atoms with Crippen molar-refractivity contribution in [2.45, 2.75) is 18.9 Å². The molecule has 1 aliphatic heterocycles. The van der Waals surface area contributed by atoms with Crippen molar-refractivity contribution in [3.63, 3.8) is 0 Å². The Kier molecular flexibility index (Phi) is 4.05. The number of likely N-dealkylation sites (tertiary alicyclic amines) is 1. The fourth-order valence-electron chi connectivity index (χ4n) is 3.23. The lowest BCUT2D eigenvalue weighted by Crippen LogP contribution is -2.40. The number of rotatable bonds is 3. The van der Waals surface area contributed by atoms with E-state index in [0.29, 0.717) is 18.7 Å². The van der Waals surface area contributed by atoms with Gasteiger partial charge in [-0.05, 0) is 37.1 Å². The summed E-state index contributed by atoms with van der Waals surface area (Å²) < 4.78 is 15.0. The molecule has 0 saturated carbocycles. The zero-order chi connectivity index (χ0) is 17.2. The molecule has 1 unspecified atom stereocenters. The second-order valence-corrected chi connectivity index (χ2v) is 6.21. The zero-order valence-electron chi connectivity index (χ0n) is 13.6. The molecular weight excluding hydrogens is 321 g/mol. The van der Waals surface area contributed by atoms with Crippen LogP contribution in [0.4, 0.5) is 4.39 Å². The van der Waals surface area contributed by atoms with Crippen LogP contribution in [0.25, 0.3) is 11.4 Å². The molecule has 1 amide bonds. The third-order valence-corrected chi connectivity index (χ3v) is 4.56. The van der Waals surface area contributed by atoms with Crippen molar-refractivity contribution in [2.75, 3.05) is 13.1 Å². The Morgan fingerprint density at radius 1 is 1.28 bits per heavy atom. The lowest BCUT2D eigenvalue weighted by molar-refractivity contribution is 0.0679. The maximum atomic E-state index is 12.9. The Labute approximate surface area is 144 Å². The fraction of sp³-hybridized carbons (Fsp3) is 0.278. The van der Waals surface area contributed by atoms with Gasteiger partial charge in [0.1, 0.15) is 5.69 Å². The van der Waals surface area contributed by atoms with Gasteiger partial charge in [0.05, 0.1) is 23.6 Å². The number of hydrogen-bond donors (Lipinski definition) is 1. The van der Waals surface area contributed by atoms with E-state index in [1.54, 1.807) is 4.90 Å². The molecule has 25 heavy (non-hydrogen) atoms. The smallest absolute Gasteiger partial charge is 0.255 e. The monoisotopic (exact) mass is 339 g/mol. The molecule has 3 aromatic heterocycles. The van der Waals surface area contributed by atoms with Crippen molar-refractivity contribution in [1.29, 1.82) is 0 Å². The van der Waals surface area contributed by atoms with Crippen molar-refractivity contribution >= 4 is 5.91 Å². The zero-order valence-corrected chi connectivity index (χ0v) is 13.6. The molecule has 3 aromatic rings. The molecule has 1 fully saturated rings. The number of aromatic amines is 1. The number of pyridine rings is 1. The molecule has 0 aromatic carbocycles. The van der Waals surface area contributed by atoms with Gasteiger partial charge in [-0.2, -0.15) is 4.39 Å². The molecule has 4 heterocycles. The maximum Gasteiger partial charge on any atom is 0.255 e. The molecule has 6 nitrogen and oxygen atoms in total. The molecule has 1 saturated heterocycles. The minimum Gasteiger partial charge on any atom is -0.360 e. The lowest BCUT2D eigenvalue weighted by Gasteiger charge is -2.33. The van der Waals surface area contributed by atoms with Gasteiger partial charge in [0.15, 0.2) is 0 Å². The average molecular weight is 339 g/mol. The Morgan fingerprint density at radius 3 is 2.96 bits per heavy atom. The number of nitrogens with one attached hydrogen (secondary N) is 1. The Hall–Kier alpha value is -2.96. The van der Waals surface area contributed by atoms with Crippen molar-refractivity contribution in [3.05, 3.63) is 60.7 Å². The van der Waals surface area contributed by atoms with Gasteiger partial charge in [-0.15, -0.1) is 0 Å². The number of halogens is 1. The van der Waals surface area contributed by atoms with Crippen LogP contribution in [0.5, 0.6) is 0 Å². The van der Waals surface area contributed by atoms with Crippen molar-refractivity contribution in [2.24, 2.45) is 0 Å². The van der Waals surface area contributed by atoms with Crippen LogP contribution in [-0.4, -0.2) is 43.4 Å². The number of nitrogens with zero attached hydrogens (tertiary/aromatic N) is 4. The largest absolute Gasteiger partial charge is 0.360 e. The highest BCUT2D eigenvalue weighted by atomic mass is 19.1. The third kappa shape index (κ3) is 3.17. The number of H-pyrrole nitrogens is 1. The molecule has 128 valence electrons. The quantitative estimate of drug-likeness (QED) is 0.746. The molecular formula is C18H18FN5O. The van der Waals surface area contributed by atoms with Gasteiger partial charge in [0.25, 0.3) is 5.91 Å². The molecule has 1 N–H and O–H groups in total. The van der Waals surface area contributed by atoms with Crippen LogP contribution in [0.2, 0.25) is 0 Å². The lowest BCUT2D eigenvalue weighted by atomic mass is 10.0. The summed E-state index contributed by atoms with van der Waals surface area (Å²) in [7, 11) is 0. The van der Waals surface area contributed by atoms with E-state index in [-0.39, 0.29) is 11.9 Å². The number of amides is 1. The molecule has 4 rings (SSSR count). The van der Waals surface area contributed by atoms with E-state index in [1.165, 1.54) is 18.3 Å². The Bertz CT molecular complexity index is 856. The predicted octanol–water partition coefficient (Wildman–Crippen LogP) is 2.89. The molecule has 0 aliphatic carbocycles. The van der Waals surface area contributed by atoms with Crippen LogP contribution in [0, 0.1) is 5.95 Å². The number of piperidine rings is 1. The predicted molar refractivity (Wildman–Crippen MR) is 90.4 cm³/mol. The molecule has 1 atom stereocenters. The molecule has 0 radical (unpaired) electrons. The first kappa shape index (κ1) is 15.6. The van der Waals surface area contributed by atoms with Crippen LogP contribution in [0.15, 0.2) is 49.2 Å². The topological polar surface area (TPSA) is 66.8 Å². The number of carbonyl (C=O) groups is 1. The first-order valence-electron chi connectivity index (χ1n) is 8.29. The minimum atomic E-state index is -0.580. The van der Waals surface area contributed by atoms with Gasteiger partial charge in [-0.25, -0.2) is 9.97 Å². The minimum absolute atomic E-state index is 0.109. The van der Waals surface area contributed by atoms with Crippen LogP contribution in [-0.2, 0) is 0 Å². The molecule has 0 spiro atoms. The van der Waals surface area contributed by atoms with Crippen LogP contribution >= 0.6 is 0 Å². The second-order valence-electron chi connectivity index (χ2n) is 6.21. The van der Waals surface area contributed by atoms with Crippen molar-refractivity contribution < 1.29 is 9.18 Å². The number of aromatic nitrogens is 4. The van der Waals surface area contributed by atoms with Crippen molar-refractivity contribution in [1.82, 2.24) is 24.4 Å². The van der Waals surface area contributed by atoms with E-state index in [1.807, 2.05) is 30.9 Å². The number of carbonyl (C=O) groups excluding carboxylic acids is 1. The van der Waals surface area contributed by atoms with Gasteiger partial charge in [0, 0.05) is 31.7 Å². The van der Waals surface area contributed by atoms with E-state index >= 15 is 0 Å². The van der Waals surface area contributed by atoms with Gasteiger partial charge in [0.2, 0.25) is 5.95 Å². The average Bonchev–Trinajstić information content (AvgIpc) is 3.33. The van der Waals surface area contributed by atoms with E-state index in [9.17, 15) is 9.18 Å². The van der Waals surface area contributed by atoms with Gasteiger partial charge in [-0.3, -0.25) is 4.79 Å². The Morgan fingerprint density at radius 2 is 2.20 bits per heavy atom. The summed E-state index contributed by atoms with van der Waals surface area (Å²) in [6.07, 6.45) is 8.89. The standard InChI is InChI=1S/C18H18FN5O/c19-17-6-5-13(9-21-17)18(25)23-8-2-3-14(10-23)24-11-16(22-12-24)15-4-1-7-20-15/h1,4-7,9,11-12,14,20H,2-3,8,10H2. The normalized spacial score (nSPS) is 17.6. The summed E-state index contributed by atoms with van der Waals surface area (Å²) in [5, 5.41) is 0. The SMILES string of the molecule is O=C(c1ccc(F)nc1)N1CCCC(n2cnc(-c3ccc[nH]3)c2)C1. The van der Waals surface area contributed by atoms with E-state index in [0.717, 1.165) is 24.2 Å². The van der Waals surface area contributed by atoms with Gasteiger partial charge < -0.3 is 14.5 Å². The number of hydrogen-bond acceptors (Lipinski definition) is 3.